The molecule has 138 valence electrons. The van der Waals surface area contributed by atoms with Gasteiger partial charge in [-0.3, -0.25) is 4.79 Å². The molecule has 3 nitrogen and oxygen atoms in total. The van der Waals surface area contributed by atoms with E-state index >= 15 is 0 Å². The van der Waals surface area contributed by atoms with Crippen LogP contribution < -0.4 is 10.5 Å². The summed E-state index contributed by atoms with van der Waals surface area (Å²) in [6.45, 7) is 4.20. The van der Waals surface area contributed by atoms with Crippen LogP contribution in [0.25, 0.3) is 11.1 Å². The van der Waals surface area contributed by atoms with Crippen LogP contribution in [-0.4, -0.2) is 17.7 Å². The normalized spacial score (nSPS) is 23.8. The molecule has 1 aromatic carbocycles. The largest absolute Gasteiger partial charge is 0.330 e. The monoisotopic (exact) mass is 397 g/mol. The number of hydrogen-bond acceptors (Lipinski definition) is 2. The van der Waals surface area contributed by atoms with Crippen molar-refractivity contribution in [3.8, 4) is 11.1 Å². The fourth-order valence-corrected chi connectivity index (χ4v) is 5.82. The number of aromatic nitrogens is 1. The van der Waals surface area contributed by atoms with Crippen molar-refractivity contribution < 1.29 is 4.90 Å². The molecule has 1 fully saturated rings. The number of likely N-dealkylation sites (tertiary alicyclic amines) is 1. The van der Waals surface area contributed by atoms with Gasteiger partial charge in [-0.25, -0.2) is 0 Å². The molecule has 0 aliphatic carbocycles. The highest BCUT2D eigenvalue weighted by Gasteiger charge is 2.38. The van der Waals surface area contributed by atoms with Gasteiger partial charge < -0.3 is 9.47 Å². The summed E-state index contributed by atoms with van der Waals surface area (Å²) in [5.41, 5.74) is 3.70. The summed E-state index contributed by atoms with van der Waals surface area (Å²) < 4.78 is 2.05. The van der Waals surface area contributed by atoms with Crippen molar-refractivity contribution in [2.24, 2.45) is 5.92 Å². The molecule has 2 aliphatic heterocycles. The Kier molecular flexibility index (Phi) is 4.43. The first-order chi connectivity index (χ1) is 13.2. The maximum absolute atomic E-state index is 12.6. The molecule has 4 heterocycles. The van der Waals surface area contributed by atoms with E-state index in [-0.39, 0.29) is 5.56 Å². The van der Waals surface area contributed by atoms with Gasteiger partial charge in [0.25, 0.3) is 5.56 Å². The lowest BCUT2D eigenvalue weighted by Crippen LogP contribution is -3.13. The highest BCUT2D eigenvalue weighted by Crippen LogP contribution is 2.37. The molecule has 2 aromatic heterocycles. The molecule has 1 unspecified atom stereocenters. The van der Waals surface area contributed by atoms with Crippen molar-refractivity contribution in [1.29, 1.82) is 0 Å². The Morgan fingerprint density at radius 2 is 1.96 bits per heavy atom. The fourth-order valence-electron chi connectivity index (χ4n) is 4.91. The summed E-state index contributed by atoms with van der Waals surface area (Å²) >= 11 is 7.93. The number of quaternary nitrogens is 1. The quantitative estimate of drug-likeness (QED) is 0.720. The van der Waals surface area contributed by atoms with Gasteiger partial charge in [-0.1, -0.05) is 29.8 Å². The predicted octanol–water partition coefficient (Wildman–Crippen LogP) is 3.43. The van der Waals surface area contributed by atoms with Crippen molar-refractivity contribution in [2.45, 2.75) is 25.4 Å². The first kappa shape index (κ1) is 17.2. The number of benzene rings is 1. The number of nitrogens with zero attached hydrogens (tertiary/aromatic N) is 1. The average molecular weight is 398 g/mol. The minimum Gasteiger partial charge on any atom is -0.330 e. The van der Waals surface area contributed by atoms with E-state index in [9.17, 15) is 4.79 Å². The first-order valence-electron chi connectivity index (χ1n) is 9.53. The topological polar surface area (TPSA) is 26.4 Å². The van der Waals surface area contributed by atoms with Crippen molar-refractivity contribution in [1.82, 2.24) is 4.57 Å². The molecule has 3 atom stereocenters. The SMILES string of the molecule is O=c1ccc(-c2ccc(Cl)cc2)c2n1C[C@H]1C[C@@H]2C[NH+](Cc2cccs2)C1. The number of thiophene rings is 1. The van der Waals surface area contributed by atoms with Gasteiger partial charge in [-0.2, -0.15) is 0 Å². The summed E-state index contributed by atoms with van der Waals surface area (Å²) in [7, 11) is 0. The van der Waals surface area contributed by atoms with Crippen LogP contribution in [0.15, 0.2) is 58.7 Å². The fraction of sp³-hybridized carbons (Fsp3) is 0.318. The predicted molar refractivity (Wildman–Crippen MR) is 111 cm³/mol. The highest BCUT2D eigenvalue weighted by molar-refractivity contribution is 7.09. The molecule has 5 heteroatoms. The first-order valence-corrected chi connectivity index (χ1v) is 10.8. The molecule has 0 amide bonds. The van der Waals surface area contributed by atoms with Gasteiger partial charge in [0.15, 0.2) is 0 Å². The molecule has 1 N–H and O–H groups in total. The zero-order chi connectivity index (χ0) is 18.4. The number of fused-ring (bicyclic) bond motifs is 4. The van der Waals surface area contributed by atoms with Crippen LogP contribution in [0.1, 0.15) is 22.9 Å². The van der Waals surface area contributed by atoms with Crippen LogP contribution in [0.5, 0.6) is 0 Å². The van der Waals surface area contributed by atoms with Crippen LogP contribution in [0.4, 0.5) is 0 Å². The molecule has 0 radical (unpaired) electrons. The van der Waals surface area contributed by atoms with Gasteiger partial charge in [0.05, 0.1) is 18.0 Å². The molecule has 2 bridgehead atoms. The summed E-state index contributed by atoms with van der Waals surface area (Å²) in [5, 5.41) is 2.90. The average Bonchev–Trinajstić information content (AvgIpc) is 3.16. The van der Waals surface area contributed by atoms with E-state index in [4.69, 9.17) is 11.6 Å². The Labute approximate surface area is 167 Å². The Morgan fingerprint density at radius 3 is 2.74 bits per heavy atom. The van der Waals surface area contributed by atoms with E-state index in [1.54, 1.807) is 11.0 Å². The Morgan fingerprint density at radius 1 is 1.11 bits per heavy atom. The second kappa shape index (κ2) is 6.93. The maximum Gasteiger partial charge on any atom is 0.250 e. The number of hydrogen-bond donors (Lipinski definition) is 1. The second-order valence-electron chi connectivity index (χ2n) is 7.80. The molecule has 3 aromatic rings. The zero-order valence-electron chi connectivity index (χ0n) is 15.0. The van der Waals surface area contributed by atoms with Gasteiger partial charge in [0.2, 0.25) is 0 Å². The minimum atomic E-state index is 0.138. The molecular formula is C22H22ClN2OS+. The van der Waals surface area contributed by atoms with Crippen LogP contribution in [0.2, 0.25) is 5.02 Å². The maximum atomic E-state index is 12.6. The zero-order valence-corrected chi connectivity index (χ0v) is 16.6. The van der Waals surface area contributed by atoms with Crippen LogP contribution in [0.3, 0.4) is 0 Å². The molecule has 5 rings (SSSR count). The van der Waals surface area contributed by atoms with Crippen LogP contribution in [-0.2, 0) is 13.1 Å². The molecule has 0 spiro atoms. The number of halogens is 1. The molecule has 2 aliphatic rings. The van der Waals surface area contributed by atoms with Crippen molar-refractivity contribution in [3.05, 3.63) is 79.9 Å². The Hall–Kier alpha value is -1.88. The van der Waals surface area contributed by atoms with E-state index in [0.29, 0.717) is 11.8 Å². The Balaban J connectivity index is 1.53. The number of pyridine rings is 1. The smallest absolute Gasteiger partial charge is 0.250 e. The third-order valence-electron chi connectivity index (χ3n) is 5.94. The van der Waals surface area contributed by atoms with Crippen molar-refractivity contribution in [2.75, 3.05) is 13.1 Å². The van der Waals surface area contributed by atoms with Gasteiger partial charge >= 0.3 is 0 Å². The van der Waals surface area contributed by atoms with E-state index in [1.165, 1.54) is 22.6 Å². The van der Waals surface area contributed by atoms with Crippen molar-refractivity contribution in [3.63, 3.8) is 0 Å². The van der Waals surface area contributed by atoms with E-state index in [1.807, 2.05) is 34.1 Å². The van der Waals surface area contributed by atoms with Gasteiger partial charge in [0, 0.05) is 40.7 Å². The Bertz CT molecular complexity index is 1010. The number of nitrogens with one attached hydrogen (secondary N) is 1. The van der Waals surface area contributed by atoms with Gasteiger partial charge in [-0.05, 0) is 41.6 Å². The third kappa shape index (κ3) is 3.27. The summed E-state index contributed by atoms with van der Waals surface area (Å²) in [6, 6.07) is 16.1. The van der Waals surface area contributed by atoms with Gasteiger partial charge in [-0.15, -0.1) is 11.3 Å². The highest BCUT2D eigenvalue weighted by atomic mass is 35.5. The summed E-state index contributed by atoms with van der Waals surface area (Å²) in [5.74, 6) is 1.02. The van der Waals surface area contributed by atoms with Crippen LogP contribution in [0, 0.1) is 5.92 Å². The minimum absolute atomic E-state index is 0.138. The molecule has 27 heavy (non-hydrogen) atoms. The molecule has 1 saturated heterocycles. The third-order valence-corrected chi connectivity index (χ3v) is 7.07. The number of rotatable bonds is 3. The second-order valence-corrected chi connectivity index (χ2v) is 9.27. The standard InChI is InChI=1S/C22H21ClN2OS/c23-18-5-3-16(4-6-18)20-7-8-21(26)25-12-15-10-17(22(20)25)13-24(11-15)14-19-2-1-9-27-19/h1-9,15,17H,10-14H2/p+1/t15-,17+/m0/s1. The lowest BCUT2D eigenvalue weighted by Gasteiger charge is -2.41. The summed E-state index contributed by atoms with van der Waals surface area (Å²) in [6.07, 6.45) is 1.19. The lowest BCUT2D eigenvalue weighted by atomic mass is 9.80. The van der Waals surface area contributed by atoms with Crippen molar-refractivity contribution >= 4 is 22.9 Å². The molecule has 0 saturated carbocycles. The van der Waals surface area contributed by atoms with E-state index in [0.717, 1.165) is 36.8 Å². The lowest BCUT2D eigenvalue weighted by molar-refractivity contribution is -0.924. The number of piperidine rings is 1. The van der Waals surface area contributed by atoms with E-state index < -0.39 is 0 Å². The van der Waals surface area contributed by atoms with E-state index in [2.05, 4.69) is 29.6 Å². The van der Waals surface area contributed by atoms with Crippen LogP contribution >= 0.6 is 22.9 Å². The van der Waals surface area contributed by atoms with Gasteiger partial charge in [0.1, 0.15) is 6.54 Å². The summed E-state index contributed by atoms with van der Waals surface area (Å²) in [4.78, 5) is 15.7. The molecular weight excluding hydrogens is 376 g/mol.